The van der Waals surface area contributed by atoms with E-state index < -0.39 is 5.97 Å². The number of nitrogens with zero attached hydrogens (tertiary/aromatic N) is 2. The quantitative estimate of drug-likeness (QED) is 0.819. The Kier molecular flexibility index (Phi) is 5.07. The minimum atomic E-state index is -0.859. The number of nitrogens with one attached hydrogen (secondary N) is 1. The van der Waals surface area contributed by atoms with E-state index in [4.69, 9.17) is 5.11 Å². The largest absolute Gasteiger partial charge is 0.481 e. The van der Waals surface area contributed by atoms with E-state index in [-0.39, 0.29) is 17.7 Å². The number of hydrogen-bond acceptors (Lipinski definition) is 5. The molecular weight excluding hydrogens is 305 g/mol. The second-order valence-corrected chi connectivity index (χ2v) is 6.41. The van der Waals surface area contributed by atoms with Crippen LogP contribution in [0.3, 0.4) is 0 Å². The van der Waals surface area contributed by atoms with Gasteiger partial charge in [0.25, 0.3) is 0 Å². The van der Waals surface area contributed by atoms with Crippen LogP contribution >= 0.6 is 11.5 Å². The van der Waals surface area contributed by atoms with Crippen LogP contribution in [0.1, 0.15) is 31.7 Å². The molecule has 0 saturated heterocycles. The topological polar surface area (TPSA) is 75.1 Å². The summed E-state index contributed by atoms with van der Waals surface area (Å²) in [5.74, 6) is -0.573. The Labute approximate surface area is 132 Å². The Morgan fingerprint density at radius 2 is 2.05 bits per heavy atom. The summed E-state index contributed by atoms with van der Waals surface area (Å²) in [6.07, 6.45) is 0.353. The number of benzene rings is 1. The zero-order valence-corrected chi connectivity index (χ0v) is 13.3. The van der Waals surface area contributed by atoms with Crippen LogP contribution in [0.5, 0.6) is 0 Å². The van der Waals surface area contributed by atoms with Crippen molar-refractivity contribution in [2.45, 2.75) is 32.1 Å². The molecule has 2 aromatic rings. The number of aromatic nitrogens is 2. The molecule has 0 saturated carbocycles. The maximum absolute atomic E-state index is 13.0. The van der Waals surface area contributed by atoms with Gasteiger partial charge in [-0.3, -0.25) is 4.79 Å². The molecule has 0 aliphatic carbocycles. The minimum Gasteiger partial charge on any atom is -0.481 e. The van der Waals surface area contributed by atoms with Crippen LogP contribution in [-0.2, 0) is 16.6 Å². The maximum Gasteiger partial charge on any atom is 0.303 e. The Morgan fingerprint density at radius 3 is 2.68 bits per heavy atom. The van der Waals surface area contributed by atoms with Crippen LogP contribution in [0.15, 0.2) is 24.3 Å². The first-order valence-electron chi connectivity index (χ1n) is 6.91. The van der Waals surface area contributed by atoms with Gasteiger partial charge in [0.15, 0.2) is 0 Å². The first-order chi connectivity index (χ1) is 10.4. The zero-order chi connectivity index (χ0) is 16.2. The molecule has 1 aromatic heterocycles. The van der Waals surface area contributed by atoms with Crippen LogP contribution in [0.25, 0.3) is 0 Å². The Bertz CT molecular complexity index is 640. The third-order valence-electron chi connectivity index (χ3n) is 3.34. The molecule has 1 aromatic carbocycles. The van der Waals surface area contributed by atoms with Gasteiger partial charge in [0.1, 0.15) is 11.6 Å². The number of carboxylic acid groups (broad SMARTS) is 1. The molecule has 0 fully saturated rings. The first kappa shape index (κ1) is 16.4. The molecule has 0 bridgehead atoms. The fourth-order valence-corrected chi connectivity index (χ4v) is 2.55. The maximum atomic E-state index is 13.0. The number of aryl methyl sites for hydroxylation is 1. The standard InChI is InChI=1S/C15H18FN3O2S/c1-15(2,10-3-5-11(16)6-4-10)9-17-14-18-12(19-22-14)7-8-13(20)21/h3-6H,7-9H2,1-2H3,(H,20,21)(H,17,18,19). The third-order valence-corrected chi connectivity index (χ3v) is 4.05. The highest BCUT2D eigenvalue weighted by atomic mass is 32.1. The van der Waals surface area contributed by atoms with Gasteiger partial charge in [0, 0.05) is 29.9 Å². The van der Waals surface area contributed by atoms with E-state index in [9.17, 15) is 9.18 Å². The Morgan fingerprint density at radius 1 is 1.36 bits per heavy atom. The minimum absolute atomic E-state index is 0.0250. The summed E-state index contributed by atoms with van der Waals surface area (Å²) in [4.78, 5) is 14.8. The molecule has 22 heavy (non-hydrogen) atoms. The Balaban J connectivity index is 1.94. The van der Waals surface area contributed by atoms with Crippen molar-refractivity contribution in [3.8, 4) is 0 Å². The zero-order valence-electron chi connectivity index (χ0n) is 12.5. The smallest absolute Gasteiger partial charge is 0.303 e. The summed E-state index contributed by atoms with van der Waals surface area (Å²) in [6, 6.07) is 6.45. The van der Waals surface area contributed by atoms with Gasteiger partial charge in [-0.25, -0.2) is 9.37 Å². The summed E-state index contributed by atoms with van der Waals surface area (Å²) in [7, 11) is 0. The summed E-state index contributed by atoms with van der Waals surface area (Å²) in [5.41, 5.74) is 0.831. The molecule has 2 rings (SSSR count). The molecule has 118 valence electrons. The van der Waals surface area contributed by atoms with Crippen molar-refractivity contribution in [2.75, 3.05) is 11.9 Å². The fourth-order valence-electron chi connectivity index (χ4n) is 1.95. The number of carboxylic acids is 1. The van der Waals surface area contributed by atoms with Crippen molar-refractivity contribution >= 4 is 22.6 Å². The molecule has 0 unspecified atom stereocenters. The number of aliphatic carboxylic acids is 1. The second kappa shape index (κ2) is 6.83. The van der Waals surface area contributed by atoms with Crippen LogP contribution in [0.2, 0.25) is 0 Å². The average Bonchev–Trinajstić information content (AvgIpc) is 2.92. The van der Waals surface area contributed by atoms with Crippen molar-refractivity contribution in [3.63, 3.8) is 0 Å². The molecule has 0 spiro atoms. The number of rotatable bonds is 7. The van der Waals surface area contributed by atoms with Gasteiger partial charge < -0.3 is 10.4 Å². The average molecular weight is 323 g/mol. The van der Waals surface area contributed by atoms with Crippen LogP contribution in [-0.4, -0.2) is 27.0 Å². The lowest BCUT2D eigenvalue weighted by atomic mass is 9.85. The van der Waals surface area contributed by atoms with Gasteiger partial charge >= 0.3 is 5.97 Å². The van der Waals surface area contributed by atoms with Gasteiger partial charge in [-0.1, -0.05) is 26.0 Å². The molecule has 2 N–H and O–H groups in total. The number of carbonyl (C=O) groups is 1. The lowest BCUT2D eigenvalue weighted by Gasteiger charge is -2.25. The predicted octanol–water partition coefficient (Wildman–Crippen LogP) is 3.08. The molecule has 1 heterocycles. The summed E-state index contributed by atoms with van der Waals surface area (Å²) in [6.45, 7) is 4.73. The molecular formula is C15H18FN3O2S. The molecule has 5 nitrogen and oxygen atoms in total. The lowest BCUT2D eigenvalue weighted by Crippen LogP contribution is -2.27. The van der Waals surface area contributed by atoms with Crippen LogP contribution in [0, 0.1) is 5.82 Å². The van der Waals surface area contributed by atoms with Crippen LogP contribution < -0.4 is 5.32 Å². The van der Waals surface area contributed by atoms with Crippen LogP contribution in [0.4, 0.5) is 9.52 Å². The fraction of sp³-hybridized carbons (Fsp3) is 0.400. The van der Waals surface area contributed by atoms with Crippen molar-refractivity contribution in [2.24, 2.45) is 0 Å². The highest BCUT2D eigenvalue weighted by molar-refractivity contribution is 7.09. The predicted molar refractivity (Wildman–Crippen MR) is 83.8 cm³/mol. The van der Waals surface area contributed by atoms with Gasteiger partial charge in [-0.15, -0.1) is 0 Å². The van der Waals surface area contributed by atoms with Gasteiger partial charge in [0.2, 0.25) is 5.13 Å². The highest BCUT2D eigenvalue weighted by Crippen LogP contribution is 2.24. The van der Waals surface area contributed by atoms with E-state index >= 15 is 0 Å². The van der Waals surface area contributed by atoms with Gasteiger partial charge in [-0.05, 0) is 17.7 Å². The molecule has 0 aliphatic heterocycles. The highest BCUT2D eigenvalue weighted by Gasteiger charge is 2.21. The van der Waals surface area contributed by atoms with Crippen molar-refractivity contribution in [1.82, 2.24) is 9.36 Å². The summed E-state index contributed by atoms with van der Waals surface area (Å²) >= 11 is 1.21. The summed E-state index contributed by atoms with van der Waals surface area (Å²) < 4.78 is 17.1. The molecule has 7 heteroatoms. The third kappa shape index (κ3) is 4.49. The van der Waals surface area contributed by atoms with Gasteiger partial charge in [0.05, 0.1) is 6.42 Å². The first-order valence-corrected chi connectivity index (χ1v) is 7.68. The second-order valence-electron chi connectivity index (χ2n) is 5.65. The van der Waals surface area contributed by atoms with Crippen molar-refractivity contribution in [3.05, 3.63) is 41.5 Å². The van der Waals surface area contributed by atoms with Gasteiger partial charge in [-0.2, -0.15) is 4.37 Å². The molecule has 0 radical (unpaired) electrons. The monoisotopic (exact) mass is 323 g/mol. The molecule has 0 amide bonds. The van der Waals surface area contributed by atoms with E-state index in [1.54, 1.807) is 12.1 Å². The van der Waals surface area contributed by atoms with E-state index in [1.165, 1.54) is 23.7 Å². The number of anilines is 1. The number of halogens is 1. The lowest BCUT2D eigenvalue weighted by molar-refractivity contribution is -0.137. The molecule has 0 atom stereocenters. The van der Waals surface area contributed by atoms with E-state index in [1.807, 2.05) is 0 Å². The van der Waals surface area contributed by atoms with Crippen molar-refractivity contribution < 1.29 is 14.3 Å². The molecule has 0 aliphatic rings. The summed E-state index contributed by atoms with van der Waals surface area (Å²) in [5, 5.41) is 12.5. The number of hydrogen-bond donors (Lipinski definition) is 2. The SMILES string of the molecule is CC(C)(CNc1nc(CCC(=O)O)ns1)c1ccc(F)cc1. The van der Waals surface area contributed by atoms with E-state index in [0.29, 0.717) is 23.9 Å². The van der Waals surface area contributed by atoms with Crippen molar-refractivity contribution in [1.29, 1.82) is 0 Å². The van der Waals surface area contributed by atoms with E-state index in [2.05, 4.69) is 28.5 Å². The Hall–Kier alpha value is -2.02. The van der Waals surface area contributed by atoms with E-state index in [0.717, 1.165) is 5.56 Å². The normalized spacial score (nSPS) is 11.4.